The number of aliphatic hydroxyl groups is 1. The molecular formula is C22H26N3O4+. The van der Waals surface area contributed by atoms with Gasteiger partial charge in [0, 0.05) is 18.0 Å². The molecule has 0 radical (unpaired) electrons. The molecule has 1 atom stereocenters. The number of aryl methyl sites for hydroxylation is 1. The van der Waals surface area contributed by atoms with Crippen molar-refractivity contribution in [3.05, 3.63) is 65.0 Å². The number of likely N-dealkylation sites (N-methyl/N-ethyl adjacent to an activating group) is 1. The normalized spacial score (nSPS) is 18.5. The molecule has 1 unspecified atom stereocenters. The molecule has 0 saturated carbocycles. The van der Waals surface area contributed by atoms with Gasteiger partial charge in [-0.2, -0.15) is 0 Å². The van der Waals surface area contributed by atoms with Crippen molar-refractivity contribution in [2.24, 2.45) is 0 Å². The van der Waals surface area contributed by atoms with Gasteiger partial charge in [-0.1, -0.05) is 0 Å². The highest BCUT2D eigenvalue weighted by molar-refractivity contribution is 6.46. The van der Waals surface area contributed by atoms with Crippen LogP contribution in [0.5, 0.6) is 5.75 Å². The molecule has 0 bridgehead atoms. The lowest BCUT2D eigenvalue weighted by Crippen LogP contribution is -3.06. The number of hydrogen-bond acceptors (Lipinski definition) is 5. The molecule has 1 aromatic heterocycles. The number of hydrogen-bond donors (Lipinski definition) is 2. The molecule has 0 spiro atoms. The predicted octanol–water partition coefficient (Wildman–Crippen LogP) is 0.965. The third-order valence-corrected chi connectivity index (χ3v) is 5.10. The summed E-state index contributed by atoms with van der Waals surface area (Å²) in [5.74, 6) is -0.793. The van der Waals surface area contributed by atoms with Gasteiger partial charge in [0.2, 0.25) is 0 Å². The number of nitrogens with zero attached hydrogens (tertiary/aromatic N) is 2. The topological polar surface area (TPSA) is 84.2 Å². The predicted molar refractivity (Wildman–Crippen MR) is 109 cm³/mol. The Morgan fingerprint density at radius 1 is 1.21 bits per heavy atom. The molecule has 1 aliphatic rings. The van der Waals surface area contributed by atoms with Crippen molar-refractivity contribution in [2.75, 3.05) is 34.3 Å². The number of methoxy groups -OCH3 is 1. The molecule has 2 heterocycles. The summed E-state index contributed by atoms with van der Waals surface area (Å²) in [5.41, 5.74) is 2.09. The fraction of sp³-hybridized carbons (Fsp3) is 0.318. The van der Waals surface area contributed by atoms with Crippen LogP contribution in [0, 0.1) is 6.92 Å². The Hall–Kier alpha value is -3.19. The molecule has 0 aliphatic carbocycles. The van der Waals surface area contributed by atoms with Crippen molar-refractivity contribution >= 4 is 17.4 Å². The van der Waals surface area contributed by atoms with E-state index in [0.717, 1.165) is 16.0 Å². The third kappa shape index (κ3) is 4.00. The van der Waals surface area contributed by atoms with Crippen molar-refractivity contribution in [1.82, 2.24) is 9.88 Å². The molecule has 7 heteroatoms. The van der Waals surface area contributed by atoms with E-state index in [1.54, 1.807) is 49.8 Å². The quantitative estimate of drug-likeness (QED) is 0.432. The Morgan fingerprint density at radius 3 is 2.48 bits per heavy atom. The van der Waals surface area contributed by atoms with Crippen molar-refractivity contribution in [3.8, 4) is 5.75 Å². The van der Waals surface area contributed by atoms with Crippen LogP contribution in [-0.2, 0) is 9.59 Å². The lowest BCUT2D eigenvalue weighted by molar-refractivity contribution is -0.857. The highest BCUT2D eigenvalue weighted by Crippen LogP contribution is 2.39. The number of ketones is 1. The lowest BCUT2D eigenvalue weighted by atomic mass is 9.94. The van der Waals surface area contributed by atoms with Crippen LogP contribution in [0.4, 0.5) is 0 Å². The molecule has 1 saturated heterocycles. The number of ether oxygens (including phenoxy) is 1. The molecule has 1 amide bonds. The molecule has 2 N–H and O–H groups in total. The van der Waals surface area contributed by atoms with Crippen molar-refractivity contribution in [3.63, 3.8) is 0 Å². The molecule has 1 aliphatic heterocycles. The van der Waals surface area contributed by atoms with Gasteiger partial charge in [-0.3, -0.25) is 14.6 Å². The first-order chi connectivity index (χ1) is 13.8. The Morgan fingerprint density at radius 2 is 1.90 bits per heavy atom. The third-order valence-electron chi connectivity index (χ3n) is 5.10. The van der Waals surface area contributed by atoms with Gasteiger partial charge in [-0.05, 0) is 48.4 Å². The number of carbonyl (C=O) groups excluding carboxylic acids is 2. The first-order valence-corrected chi connectivity index (χ1v) is 9.47. The zero-order valence-electron chi connectivity index (χ0n) is 17.1. The van der Waals surface area contributed by atoms with Crippen LogP contribution in [0.25, 0.3) is 5.76 Å². The number of aliphatic hydroxyl groups excluding tert-OH is 1. The summed E-state index contributed by atoms with van der Waals surface area (Å²) in [6, 6.07) is 8.07. The monoisotopic (exact) mass is 396 g/mol. The summed E-state index contributed by atoms with van der Waals surface area (Å²) >= 11 is 0. The number of pyridine rings is 1. The highest BCUT2D eigenvalue weighted by atomic mass is 16.5. The SMILES string of the molecule is COc1ccc(C(O)=C2C(=O)C(=O)N(CC[NH+](C)C)C2c2ccncc2)c(C)c1. The van der Waals surface area contributed by atoms with E-state index in [9.17, 15) is 14.7 Å². The molecule has 3 rings (SSSR count). The smallest absolute Gasteiger partial charge is 0.295 e. The fourth-order valence-electron chi connectivity index (χ4n) is 3.52. The average molecular weight is 396 g/mol. The summed E-state index contributed by atoms with van der Waals surface area (Å²) in [6.07, 6.45) is 3.23. The van der Waals surface area contributed by atoms with E-state index in [4.69, 9.17) is 4.74 Å². The zero-order chi connectivity index (χ0) is 21.1. The summed E-state index contributed by atoms with van der Waals surface area (Å²) in [4.78, 5) is 32.5. The molecule has 1 fully saturated rings. The van der Waals surface area contributed by atoms with Gasteiger partial charge >= 0.3 is 0 Å². The highest BCUT2D eigenvalue weighted by Gasteiger charge is 2.46. The van der Waals surface area contributed by atoms with Crippen LogP contribution < -0.4 is 9.64 Å². The van der Waals surface area contributed by atoms with Crippen molar-refractivity contribution < 1.29 is 24.3 Å². The zero-order valence-corrected chi connectivity index (χ0v) is 17.1. The van der Waals surface area contributed by atoms with Crippen LogP contribution in [0.3, 0.4) is 0 Å². The van der Waals surface area contributed by atoms with Crippen LogP contribution in [0.15, 0.2) is 48.3 Å². The maximum Gasteiger partial charge on any atom is 0.295 e. The Labute approximate surface area is 170 Å². The Balaban J connectivity index is 2.15. The Bertz CT molecular complexity index is 954. The maximum atomic E-state index is 12.9. The molecule has 152 valence electrons. The number of benzene rings is 1. The molecule has 1 aromatic carbocycles. The number of Topliss-reactive ketones (excluding diaryl/α,β-unsaturated/α-hetero) is 1. The van der Waals surface area contributed by atoms with Gasteiger partial charge in [0.25, 0.3) is 11.7 Å². The first kappa shape index (κ1) is 20.5. The van der Waals surface area contributed by atoms with Gasteiger partial charge < -0.3 is 19.6 Å². The lowest BCUT2D eigenvalue weighted by Gasteiger charge is -2.25. The van der Waals surface area contributed by atoms with E-state index in [2.05, 4.69) is 4.98 Å². The van der Waals surface area contributed by atoms with E-state index in [-0.39, 0.29) is 11.3 Å². The van der Waals surface area contributed by atoms with Crippen molar-refractivity contribution in [2.45, 2.75) is 13.0 Å². The second kappa shape index (κ2) is 8.45. The Kier molecular flexibility index (Phi) is 5.98. The summed E-state index contributed by atoms with van der Waals surface area (Å²) in [6.45, 7) is 2.90. The first-order valence-electron chi connectivity index (χ1n) is 9.47. The summed E-state index contributed by atoms with van der Waals surface area (Å²) in [5, 5.41) is 11.1. The van der Waals surface area contributed by atoms with Crippen LogP contribution in [0.1, 0.15) is 22.7 Å². The van der Waals surface area contributed by atoms with E-state index in [1.807, 2.05) is 21.0 Å². The van der Waals surface area contributed by atoms with Gasteiger partial charge in [-0.15, -0.1) is 0 Å². The number of amides is 1. The molecule has 2 aromatic rings. The van der Waals surface area contributed by atoms with E-state index in [0.29, 0.717) is 24.4 Å². The van der Waals surface area contributed by atoms with Gasteiger partial charge in [0.1, 0.15) is 11.5 Å². The minimum absolute atomic E-state index is 0.100. The summed E-state index contributed by atoms with van der Waals surface area (Å²) in [7, 11) is 5.54. The molecular weight excluding hydrogens is 370 g/mol. The number of nitrogens with one attached hydrogen (secondary N) is 1. The molecule has 7 nitrogen and oxygen atoms in total. The number of quaternary nitrogens is 1. The van der Waals surface area contributed by atoms with E-state index >= 15 is 0 Å². The van der Waals surface area contributed by atoms with Crippen LogP contribution in [-0.4, -0.2) is 61.0 Å². The fourth-order valence-corrected chi connectivity index (χ4v) is 3.52. The largest absolute Gasteiger partial charge is 0.507 e. The van der Waals surface area contributed by atoms with Crippen LogP contribution >= 0.6 is 0 Å². The summed E-state index contributed by atoms with van der Waals surface area (Å²) < 4.78 is 5.22. The second-order valence-electron chi connectivity index (χ2n) is 7.41. The van der Waals surface area contributed by atoms with Gasteiger partial charge in [0.05, 0.1) is 45.9 Å². The minimum Gasteiger partial charge on any atom is -0.507 e. The van der Waals surface area contributed by atoms with Crippen LogP contribution in [0.2, 0.25) is 0 Å². The second-order valence-corrected chi connectivity index (χ2v) is 7.41. The molecule has 29 heavy (non-hydrogen) atoms. The van der Waals surface area contributed by atoms with Gasteiger partial charge in [-0.25, -0.2) is 0 Å². The van der Waals surface area contributed by atoms with Crippen molar-refractivity contribution in [1.29, 1.82) is 0 Å². The van der Waals surface area contributed by atoms with E-state index in [1.165, 1.54) is 4.90 Å². The minimum atomic E-state index is -0.673. The number of likely N-dealkylation sites (tertiary alicyclic amines) is 1. The number of rotatable bonds is 6. The average Bonchev–Trinajstić information content (AvgIpc) is 2.97. The van der Waals surface area contributed by atoms with E-state index < -0.39 is 17.7 Å². The maximum absolute atomic E-state index is 12.9. The number of carbonyl (C=O) groups is 2. The standard InChI is InChI=1S/C22H25N3O4/c1-14-13-16(29-4)5-6-17(14)20(26)18-19(15-7-9-23-10-8-15)25(12-11-24(2)3)22(28)21(18)27/h5-10,13,19,26H,11-12H2,1-4H3/p+1. The number of aromatic nitrogens is 1. The van der Waals surface area contributed by atoms with Gasteiger partial charge in [0.15, 0.2) is 0 Å².